The first-order valence-corrected chi connectivity index (χ1v) is 7.89. The van der Waals surface area contributed by atoms with Crippen molar-refractivity contribution in [2.45, 2.75) is 45.6 Å². The van der Waals surface area contributed by atoms with Crippen LogP contribution < -0.4 is 4.72 Å². The number of aromatic nitrogens is 2. The molecule has 1 aromatic rings. The van der Waals surface area contributed by atoms with Crippen molar-refractivity contribution in [1.29, 1.82) is 0 Å². The predicted octanol–water partition coefficient (Wildman–Crippen LogP) is 0.909. The molecular weight excluding hydrogens is 282 g/mol. The van der Waals surface area contributed by atoms with Crippen molar-refractivity contribution >= 4 is 16.0 Å². The molecule has 1 rings (SSSR count). The number of rotatable bonds is 7. The normalized spacial score (nSPS) is 12.1. The lowest BCUT2D eigenvalue weighted by Gasteiger charge is -2.08. The molecule has 0 fully saturated rings. The summed E-state index contributed by atoms with van der Waals surface area (Å²) in [4.78, 5) is 10.8. The first kappa shape index (κ1) is 16.6. The Hall–Kier alpha value is -1.41. The van der Waals surface area contributed by atoms with Gasteiger partial charge in [-0.05, 0) is 26.2 Å². The summed E-state index contributed by atoms with van der Waals surface area (Å²) in [7, 11) is -3.66. The van der Waals surface area contributed by atoms with E-state index in [4.69, 9.17) is 5.11 Å². The van der Waals surface area contributed by atoms with Gasteiger partial charge >= 0.3 is 5.97 Å². The van der Waals surface area contributed by atoms with Crippen LogP contribution in [0, 0.1) is 19.8 Å². The van der Waals surface area contributed by atoms with Crippen LogP contribution >= 0.6 is 0 Å². The zero-order valence-electron chi connectivity index (χ0n) is 12.2. The first-order chi connectivity index (χ1) is 9.15. The maximum absolute atomic E-state index is 12.2. The number of nitrogens with one attached hydrogen (secondary N) is 1. The number of aliphatic carboxylic acids is 1. The molecule has 0 saturated heterocycles. The summed E-state index contributed by atoms with van der Waals surface area (Å²) in [6.07, 6.45) is 0.737. The number of hydrogen-bond acceptors (Lipinski definition) is 4. The van der Waals surface area contributed by atoms with Gasteiger partial charge in [-0.25, -0.2) is 13.1 Å². The van der Waals surface area contributed by atoms with E-state index in [1.54, 1.807) is 13.8 Å². The van der Waals surface area contributed by atoms with Gasteiger partial charge < -0.3 is 5.11 Å². The van der Waals surface area contributed by atoms with E-state index < -0.39 is 16.0 Å². The summed E-state index contributed by atoms with van der Waals surface area (Å²) < 4.78 is 28.2. The van der Waals surface area contributed by atoms with Crippen molar-refractivity contribution in [1.82, 2.24) is 14.5 Å². The summed E-state index contributed by atoms with van der Waals surface area (Å²) in [5.74, 6) is -0.665. The highest BCUT2D eigenvalue weighted by atomic mass is 32.2. The molecule has 0 saturated carbocycles. The van der Waals surface area contributed by atoms with Crippen molar-refractivity contribution in [2.24, 2.45) is 5.92 Å². The fraction of sp³-hybridized carbons (Fsp3) is 0.667. The lowest BCUT2D eigenvalue weighted by molar-refractivity contribution is -0.137. The van der Waals surface area contributed by atoms with E-state index in [0.29, 0.717) is 23.9 Å². The van der Waals surface area contributed by atoms with Crippen molar-refractivity contribution < 1.29 is 18.3 Å². The molecule has 114 valence electrons. The van der Waals surface area contributed by atoms with Crippen LogP contribution in [0.3, 0.4) is 0 Å². The Balaban J connectivity index is 3.00. The van der Waals surface area contributed by atoms with Gasteiger partial charge in [-0.15, -0.1) is 0 Å². The van der Waals surface area contributed by atoms with E-state index in [1.807, 2.05) is 13.8 Å². The van der Waals surface area contributed by atoms with Crippen molar-refractivity contribution in [2.75, 3.05) is 6.54 Å². The molecule has 0 bridgehead atoms. The molecule has 0 spiro atoms. The average Bonchev–Trinajstić information content (AvgIpc) is 2.52. The van der Waals surface area contributed by atoms with Gasteiger partial charge in [0.25, 0.3) is 0 Å². The number of carbonyl (C=O) groups is 1. The largest absolute Gasteiger partial charge is 0.480 e. The molecule has 20 heavy (non-hydrogen) atoms. The van der Waals surface area contributed by atoms with Crippen LogP contribution in [0.1, 0.15) is 31.7 Å². The maximum Gasteiger partial charge on any atom is 0.325 e. The minimum atomic E-state index is -3.66. The molecule has 1 heterocycles. The van der Waals surface area contributed by atoms with E-state index in [1.165, 1.54) is 4.68 Å². The lowest BCUT2D eigenvalue weighted by Crippen LogP contribution is -2.26. The highest BCUT2D eigenvalue weighted by Gasteiger charge is 2.24. The van der Waals surface area contributed by atoms with E-state index >= 15 is 0 Å². The second kappa shape index (κ2) is 6.36. The van der Waals surface area contributed by atoms with Gasteiger partial charge in [-0.3, -0.25) is 9.48 Å². The molecular formula is C12H21N3O4S. The third kappa shape index (κ3) is 4.04. The molecule has 0 aliphatic rings. The minimum Gasteiger partial charge on any atom is -0.480 e. The number of hydrogen-bond donors (Lipinski definition) is 2. The van der Waals surface area contributed by atoms with Crippen molar-refractivity contribution in [3.8, 4) is 0 Å². The highest BCUT2D eigenvalue weighted by Crippen LogP contribution is 2.19. The van der Waals surface area contributed by atoms with Crippen molar-refractivity contribution in [3.05, 3.63) is 11.4 Å². The summed E-state index contributed by atoms with van der Waals surface area (Å²) in [6.45, 7) is 7.13. The molecule has 0 aliphatic carbocycles. The molecule has 0 radical (unpaired) electrons. The van der Waals surface area contributed by atoms with Crippen molar-refractivity contribution in [3.63, 3.8) is 0 Å². The molecule has 0 amide bonds. The van der Waals surface area contributed by atoms with Crippen LogP contribution in [0.25, 0.3) is 0 Å². The number of carboxylic acid groups (broad SMARTS) is 1. The Morgan fingerprint density at radius 3 is 2.50 bits per heavy atom. The number of nitrogens with zero attached hydrogens (tertiary/aromatic N) is 2. The van der Waals surface area contributed by atoms with E-state index in [2.05, 4.69) is 9.82 Å². The molecule has 0 aliphatic heterocycles. The zero-order valence-corrected chi connectivity index (χ0v) is 13.0. The Morgan fingerprint density at radius 1 is 1.40 bits per heavy atom. The smallest absolute Gasteiger partial charge is 0.325 e. The topological polar surface area (TPSA) is 101 Å². The van der Waals surface area contributed by atoms with Gasteiger partial charge in [0.05, 0.1) is 11.4 Å². The lowest BCUT2D eigenvalue weighted by atomic mass is 10.1. The van der Waals surface area contributed by atoms with Gasteiger partial charge in [0.1, 0.15) is 11.4 Å². The Bertz CT molecular complexity index is 590. The monoisotopic (exact) mass is 303 g/mol. The third-order valence-electron chi connectivity index (χ3n) is 2.88. The van der Waals surface area contributed by atoms with Gasteiger partial charge in [-0.2, -0.15) is 5.10 Å². The molecule has 0 unspecified atom stereocenters. The predicted molar refractivity (Wildman–Crippen MR) is 74.0 cm³/mol. The number of sulfonamides is 1. The van der Waals surface area contributed by atoms with Gasteiger partial charge in [0.2, 0.25) is 10.0 Å². The van der Waals surface area contributed by atoms with Gasteiger partial charge in [-0.1, -0.05) is 13.8 Å². The number of aryl methyl sites for hydroxylation is 1. The molecule has 2 N–H and O–H groups in total. The van der Waals surface area contributed by atoms with E-state index in [9.17, 15) is 13.2 Å². The van der Waals surface area contributed by atoms with Crippen LogP contribution in [-0.4, -0.2) is 35.8 Å². The third-order valence-corrected chi connectivity index (χ3v) is 4.60. The average molecular weight is 303 g/mol. The second-order valence-corrected chi connectivity index (χ2v) is 6.84. The van der Waals surface area contributed by atoms with Gasteiger partial charge in [0.15, 0.2) is 0 Å². The van der Waals surface area contributed by atoms with Crippen LogP contribution in [0.15, 0.2) is 4.90 Å². The SMILES string of the molecule is Cc1nn(CC(=O)O)c(C)c1S(=O)(=O)NCCC(C)C. The summed E-state index contributed by atoms with van der Waals surface area (Å²) >= 11 is 0. The minimum absolute atomic E-state index is 0.0718. The highest BCUT2D eigenvalue weighted by molar-refractivity contribution is 7.89. The maximum atomic E-state index is 12.2. The van der Waals surface area contributed by atoms with E-state index in [0.717, 1.165) is 6.42 Å². The molecule has 7 nitrogen and oxygen atoms in total. The molecule has 0 aromatic carbocycles. The van der Waals surface area contributed by atoms with E-state index in [-0.39, 0.29) is 11.4 Å². The number of carboxylic acids is 1. The van der Waals surface area contributed by atoms with Crippen LogP contribution in [0.2, 0.25) is 0 Å². The Kier molecular flexibility index (Phi) is 5.29. The van der Waals surface area contributed by atoms with Crippen LogP contribution in [-0.2, 0) is 21.4 Å². The summed E-state index contributed by atoms with van der Waals surface area (Å²) in [5, 5.41) is 12.7. The second-order valence-electron chi connectivity index (χ2n) is 5.13. The molecule has 1 aromatic heterocycles. The first-order valence-electron chi connectivity index (χ1n) is 6.40. The fourth-order valence-electron chi connectivity index (χ4n) is 1.91. The molecule has 8 heteroatoms. The summed E-state index contributed by atoms with van der Waals surface area (Å²) in [6, 6.07) is 0. The molecule has 0 atom stereocenters. The quantitative estimate of drug-likeness (QED) is 0.779. The summed E-state index contributed by atoms with van der Waals surface area (Å²) in [5.41, 5.74) is 0.641. The van der Waals surface area contributed by atoms with Crippen LogP contribution in [0.5, 0.6) is 0 Å². The fourth-order valence-corrected chi connectivity index (χ4v) is 3.36. The standard InChI is InChI=1S/C12H21N3O4S/c1-8(2)5-6-13-20(18,19)12-9(3)14-15(10(12)4)7-11(16)17/h8,13H,5-7H2,1-4H3,(H,16,17). The van der Waals surface area contributed by atoms with Crippen LogP contribution in [0.4, 0.5) is 0 Å². The van der Waals surface area contributed by atoms with Gasteiger partial charge in [0, 0.05) is 6.54 Å². The Morgan fingerprint density at radius 2 is 2.00 bits per heavy atom. The zero-order chi connectivity index (χ0) is 15.5. The Labute approximate surface area is 119 Å².